The Morgan fingerprint density at radius 3 is 2.35 bits per heavy atom. The van der Waals surface area contributed by atoms with Crippen LogP contribution >= 0.6 is 0 Å². The van der Waals surface area contributed by atoms with E-state index in [9.17, 15) is 9.59 Å². The maximum atomic E-state index is 11.4. The van der Waals surface area contributed by atoms with Crippen molar-refractivity contribution in [2.24, 2.45) is 0 Å². The maximum Gasteiger partial charge on any atom is 0.241 e. The highest BCUT2D eigenvalue weighted by Crippen LogP contribution is 2.03. The van der Waals surface area contributed by atoms with E-state index < -0.39 is 0 Å². The highest BCUT2D eigenvalue weighted by molar-refractivity contribution is 5.86. The Bertz CT molecular complexity index is 377. The third-order valence-corrected chi connectivity index (χ3v) is 2.16. The van der Waals surface area contributed by atoms with Gasteiger partial charge in [0.2, 0.25) is 11.8 Å². The molecule has 1 aromatic rings. The van der Waals surface area contributed by atoms with Gasteiger partial charge in [0.1, 0.15) is 0 Å². The lowest BCUT2D eigenvalue weighted by atomic mass is 10.3. The molecule has 0 aliphatic heterocycles. The number of hydrogen-bond donors (Lipinski definition) is 2. The molecule has 0 aliphatic rings. The Hall–Kier alpha value is -2.04. The van der Waals surface area contributed by atoms with E-state index in [1.807, 2.05) is 30.3 Å². The van der Waals surface area contributed by atoms with E-state index in [1.54, 1.807) is 14.1 Å². The van der Waals surface area contributed by atoms with E-state index >= 15 is 0 Å². The summed E-state index contributed by atoms with van der Waals surface area (Å²) in [4.78, 5) is 24.0. The van der Waals surface area contributed by atoms with Crippen molar-refractivity contribution in [2.75, 3.05) is 32.5 Å². The minimum absolute atomic E-state index is 0.0301. The SMILES string of the molecule is CN(C)C(=O)CNC(=O)CNc1ccccc1. The van der Waals surface area contributed by atoms with Crippen molar-refractivity contribution in [3.05, 3.63) is 30.3 Å². The van der Waals surface area contributed by atoms with E-state index in [2.05, 4.69) is 10.6 Å². The second-order valence-electron chi connectivity index (χ2n) is 3.78. The number of nitrogens with one attached hydrogen (secondary N) is 2. The third-order valence-electron chi connectivity index (χ3n) is 2.16. The second kappa shape index (κ2) is 6.52. The van der Waals surface area contributed by atoms with Gasteiger partial charge in [-0.25, -0.2) is 0 Å². The van der Waals surface area contributed by atoms with Crippen LogP contribution in [-0.2, 0) is 9.59 Å². The zero-order valence-electron chi connectivity index (χ0n) is 10.1. The lowest BCUT2D eigenvalue weighted by molar-refractivity contribution is -0.130. The van der Waals surface area contributed by atoms with Crippen LogP contribution in [0.1, 0.15) is 0 Å². The van der Waals surface area contributed by atoms with E-state index in [-0.39, 0.29) is 24.9 Å². The van der Waals surface area contributed by atoms with Crippen LogP contribution in [0.15, 0.2) is 30.3 Å². The van der Waals surface area contributed by atoms with Gasteiger partial charge in [0.25, 0.3) is 0 Å². The molecule has 0 atom stereocenters. The molecule has 1 rings (SSSR count). The lowest BCUT2D eigenvalue weighted by Gasteiger charge is -2.11. The summed E-state index contributed by atoms with van der Waals surface area (Å²) in [5.41, 5.74) is 0.876. The van der Waals surface area contributed by atoms with Gasteiger partial charge in [-0.2, -0.15) is 0 Å². The third kappa shape index (κ3) is 5.01. The monoisotopic (exact) mass is 235 g/mol. The summed E-state index contributed by atoms with van der Waals surface area (Å²) in [6.45, 7) is 0.188. The fourth-order valence-corrected chi connectivity index (χ4v) is 1.13. The fraction of sp³-hybridized carbons (Fsp3) is 0.333. The van der Waals surface area contributed by atoms with Crippen molar-refractivity contribution in [3.8, 4) is 0 Å². The molecule has 5 nitrogen and oxygen atoms in total. The first-order valence-corrected chi connectivity index (χ1v) is 5.35. The number of likely N-dealkylation sites (N-methyl/N-ethyl adjacent to an activating group) is 1. The number of para-hydroxylation sites is 1. The first kappa shape index (κ1) is 13.0. The number of rotatable bonds is 5. The summed E-state index contributed by atoms with van der Waals surface area (Å²) in [7, 11) is 3.30. The molecule has 0 spiro atoms. The summed E-state index contributed by atoms with van der Waals surface area (Å²) in [5, 5.41) is 5.50. The molecule has 92 valence electrons. The molecule has 0 radical (unpaired) electrons. The van der Waals surface area contributed by atoms with Crippen molar-refractivity contribution >= 4 is 17.5 Å². The molecular weight excluding hydrogens is 218 g/mol. The molecule has 0 saturated carbocycles. The van der Waals surface area contributed by atoms with Crippen LogP contribution in [0, 0.1) is 0 Å². The predicted molar refractivity (Wildman–Crippen MR) is 66.6 cm³/mol. The number of anilines is 1. The molecule has 0 bridgehead atoms. The zero-order chi connectivity index (χ0) is 12.7. The van der Waals surface area contributed by atoms with Crippen LogP contribution in [0.3, 0.4) is 0 Å². The highest BCUT2D eigenvalue weighted by Gasteiger charge is 2.06. The van der Waals surface area contributed by atoms with Crippen molar-refractivity contribution < 1.29 is 9.59 Å². The van der Waals surface area contributed by atoms with Gasteiger partial charge in [-0.3, -0.25) is 9.59 Å². The molecule has 0 aliphatic carbocycles. The number of carbonyl (C=O) groups excluding carboxylic acids is 2. The minimum Gasteiger partial charge on any atom is -0.376 e. The van der Waals surface area contributed by atoms with Crippen molar-refractivity contribution in [1.82, 2.24) is 10.2 Å². The number of hydrogen-bond acceptors (Lipinski definition) is 3. The van der Waals surface area contributed by atoms with E-state index in [1.165, 1.54) is 4.90 Å². The van der Waals surface area contributed by atoms with Crippen molar-refractivity contribution in [1.29, 1.82) is 0 Å². The van der Waals surface area contributed by atoms with E-state index in [0.29, 0.717) is 0 Å². The van der Waals surface area contributed by atoms with Crippen LogP contribution in [0.4, 0.5) is 5.69 Å². The Morgan fingerprint density at radius 2 is 1.76 bits per heavy atom. The molecule has 2 N–H and O–H groups in total. The van der Waals surface area contributed by atoms with Gasteiger partial charge in [0.15, 0.2) is 0 Å². The average molecular weight is 235 g/mol. The largest absolute Gasteiger partial charge is 0.376 e. The maximum absolute atomic E-state index is 11.4. The van der Waals surface area contributed by atoms with Gasteiger partial charge in [-0.1, -0.05) is 18.2 Å². The quantitative estimate of drug-likeness (QED) is 0.771. The van der Waals surface area contributed by atoms with Crippen LogP contribution in [0.5, 0.6) is 0 Å². The minimum atomic E-state index is -0.205. The van der Waals surface area contributed by atoms with Crippen molar-refractivity contribution in [2.45, 2.75) is 0 Å². The fourth-order valence-electron chi connectivity index (χ4n) is 1.13. The van der Waals surface area contributed by atoms with Crippen LogP contribution < -0.4 is 10.6 Å². The molecule has 0 fully saturated rings. The molecule has 0 saturated heterocycles. The van der Waals surface area contributed by atoms with E-state index in [4.69, 9.17) is 0 Å². The molecule has 0 aromatic heterocycles. The van der Waals surface area contributed by atoms with Gasteiger partial charge in [-0.05, 0) is 12.1 Å². The summed E-state index contributed by atoms with van der Waals surface area (Å²) in [6.07, 6.45) is 0. The summed E-state index contributed by atoms with van der Waals surface area (Å²) < 4.78 is 0. The Morgan fingerprint density at radius 1 is 1.12 bits per heavy atom. The van der Waals surface area contributed by atoms with Crippen LogP contribution in [-0.4, -0.2) is 43.9 Å². The predicted octanol–water partition coefficient (Wildman–Crippen LogP) is 0.303. The first-order valence-electron chi connectivity index (χ1n) is 5.35. The normalized spacial score (nSPS) is 9.53. The van der Waals surface area contributed by atoms with Gasteiger partial charge in [0.05, 0.1) is 13.1 Å². The second-order valence-corrected chi connectivity index (χ2v) is 3.78. The van der Waals surface area contributed by atoms with Crippen LogP contribution in [0.25, 0.3) is 0 Å². The molecule has 0 unspecified atom stereocenters. The smallest absolute Gasteiger partial charge is 0.241 e. The number of carbonyl (C=O) groups is 2. The summed E-state index contributed by atoms with van der Waals surface area (Å²) in [5.74, 6) is -0.331. The number of benzene rings is 1. The highest BCUT2D eigenvalue weighted by atomic mass is 16.2. The van der Waals surface area contributed by atoms with Gasteiger partial charge in [0, 0.05) is 19.8 Å². The molecular formula is C12H17N3O2. The molecule has 5 heteroatoms. The molecule has 1 aromatic carbocycles. The standard InChI is InChI=1S/C12H17N3O2/c1-15(2)12(17)9-14-11(16)8-13-10-6-4-3-5-7-10/h3-7,13H,8-9H2,1-2H3,(H,14,16). The topological polar surface area (TPSA) is 61.4 Å². The Labute approximate surface area is 101 Å². The first-order chi connectivity index (χ1) is 8.09. The Balaban J connectivity index is 2.24. The lowest BCUT2D eigenvalue weighted by Crippen LogP contribution is -2.38. The number of amides is 2. The Kier molecular flexibility index (Phi) is 5.00. The van der Waals surface area contributed by atoms with Crippen molar-refractivity contribution in [3.63, 3.8) is 0 Å². The zero-order valence-corrected chi connectivity index (χ0v) is 10.1. The van der Waals surface area contributed by atoms with Crippen LogP contribution in [0.2, 0.25) is 0 Å². The molecule has 2 amide bonds. The molecule has 0 heterocycles. The summed E-state index contributed by atoms with van der Waals surface area (Å²) in [6, 6.07) is 9.42. The molecule has 17 heavy (non-hydrogen) atoms. The van der Waals surface area contributed by atoms with Gasteiger partial charge < -0.3 is 15.5 Å². The number of nitrogens with zero attached hydrogens (tertiary/aromatic N) is 1. The van der Waals surface area contributed by atoms with Gasteiger partial charge in [-0.15, -0.1) is 0 Å². The van der Waals surface area contributed by atoms with Gasteiger partial charge >= 0.3 is 0 Å². The summed E-state index contributed by atoms with van der Waals surface area (Å²) >= 11 is 0. The average Bonchev–Trinajstić information content (AvgIpc) is 2.34. The van der Waals surface area contributed by atoms with E-state index in [0.717, 1.165) is 5.69 Å².